The van der Waals surface area contributed by atoms with Gasteiger partial charge in [-0.3, -0.25) is 0 Å². The Morgan fingerprint density at radius 3 is 1.39 bits per heavy atom. The summed E-state index contributed by atoms with van der Waals surface area (Å²) in [7, 11) is 0. The van der Waals surface area contributed by atoms with Crippen molar-refractivity contribution in [3.63, 3.8) is 0 Å². The predicted molar refractivity (Wildman–Crippen MR) is 60.1 cm³/mol. The van der Waals surface area contributed by atoms with Crippen LogP contribution in [0.5, 0.6) is 0 Å². The van der Waals surface area contributed by atoms with Gasteiger partial charge in [0.05, 0.1) is 11.1 Å². The number of fused-ring (bicyclic) bond motifs is 1. The zero-order chi connectivity index (χ0) is 11.7. The van der Waals surface area contributed by atoms with Crippen molar-refractivity contribution < 1.29 is 81.8 Å². The number of carboxylic acids is 2. The van der Waals surface area contributed by atoms with Crippen LogP contribution in [-0.4, -0.2) is 22.2 Å². The van der Waals surface area contributed by atoms with E-state index in [1.807, 2.05) is 0 Å². The van der Waals surface area contributed by atoms with E-state index < -0.39 is 11.9 Å². The van der Waals surface area contributed by atoms with Gasteiger partial charge in [0.1, 0.15) is 0 Å². The number of carboxylic acid groups (broad SMARTS) is 2. The number of benzene rings is 2. The van der Waals surface area contributed by atoms with Crippen LogP contribution < -0.4 is 59.1 Å². The van der Waals surface area contributed by atoms with Crippen molar-refractivity contribution in [1.82, 2.24) is 0 Å². The number of hydrogen-bond acceptors (Lipinski definition) is 2. The second-order valence-electron chi connectivity index (χ2n) is 3.39. The van der Waals surface area contributed by atoms with Gasteiger partial charge in [0.2, 0.25) is 0 Å². The predicted octanol–water partition coefficient (Wildman–Crippen LogP) is -3.53. The molecular formula is C12H10Na2O4. The van der Waals surface area contributed by atoms with Crippen molar-refractivity contribution in [3.8, 4) is 0 Å². The van der Waals surface area contributed by atoms with Gasteiger partial charge in [-0.25, -0.2) is 9.59 Å². The molecule has 0 unspecified atom stereocenters. The minimum atomic E-state index is -0.996. The Morgan fingerprint density at radius 1 is 0.778 bits per heavy atom. The van der Waals surface area contributed by atoms with E-state index in [4.69, 9.17) is 10.2 Å². The maximum Gasteiger partial charge on any atom is 1.00 e. The van der Waals surface area contributed by atoms with Gasteiger partial charge in [0, 0.05) is 0 Å². The summed E-state index contributed by atoms with van der Waals surface area (Å²) >= 11 is 0. The standard InChI is InChI=1S/C12H8O4.2Na.2H/c13-11(14)9-3-1-7-5-10(12(15)16)4-2-8(7)6-9;;;;/h1-6H,(H,13,14)(H,15,16);;;;/q;2*+1;2*-1. The first-order chi connectivity index (χ1) is 7.58. The molecular weight excluding hydrogens is 254 g/mol. The van der Waals surface area contributed by atoms with E-state index >= 15 is 0 Å². The molecule has 0 fully saturated rings. The van der Waals surface area contributed by atoms with Gasteiger partial charge in [-0.1, -0.05) is 12.1 Å². The summed E-state index contributed by atoms with van der Waals surface area (Å²) in [6, 6.07) is 9.15. The van der Waals surface area contributed by atoms with E-state index in [9.17, 15) is 9.59 Å². The molecule has 0 amide bonds. The average molecular weight is 264 g/mol. The van der Waals surface area contributed by atoms with Crippen molar-refractivity contribution in [1.29, 1.82) is 0 Å². The van der Waals surface area contributed by atoms with Gasteiger partial charge in [-0.15, -0.1) is 0 Å². The molecule has 4 nitrogen and oxygen atoms in total. The first kappa shape index (κ1) is 17.6. The third-order valence-electron chi connectivity index (χ3n) is 2.33. The second-order valence-corrected chi connectivity index (χ2v) is 3.39. The Hall–Kier alpha value is -0.360. The second kappa shape index (κ2) is 7.28. The topological polar surface area (TPSA) is 74.6 Å². The van der Waals surface area contributed by atoms with Gasteiger partial charge in [-0.05, 0) is 35.0 Å². The molecule has 0 heterocycles. The average Bonchev–Trinajstić information content (AvgIpc) is 2.27. The Kier molecular flexibility index (Phi) is 7.14. The van der Waals surface area contributed by atoms with Crippen LogP contribution in [0, 0.1) is 0 Å². The molecule has 0 bridgehead atoms. The van der Waals surface area contributed by atoms with Crippen LogP contribution in [0.2, 0.25) is 0 Å². The molecule has 2 aromatic rings. The summed E-state index contributed by atoms with van der Waals surface area (Å²) in [4.78, 5) is 21.5. The van der Waals surface area contributed by atoms with Crippen LogP contribution in [0.15, 0.2) is 36.4 Å². The molecule has 6 heteroatoms. The number of carbonyl (C=O) groups is 2. The maximum atomic E-state index is 10.7. The van der Waals surface area contributed by atoms with Gasteiger partial charge >= 0.3 is 71.1 Å². The largest absolute Gasteiger partial charge is 1.00 e. The Balaban J connectivity index is -0.000000722. The van der Waals surface area contributed by atoms with E-state index in [0.717, 1.165) is 0 Å². The first-order valence-electron chi connectivity index (χ1n) is 4.58. The van der Waals surface area contributed by atoms with Crippen molar-refractivity contribution in [3.05, 3.63) is 47.5 Å². The van der Waals surface area contributed by atoms with Crippen LogP contribution >= 0.6 is 0 Å². The van der Waals surface area contributed by atoms with Crippen molar-refractivity contribution in [2.75, 3.05) is 0 Å². The van der Waals surface area contributed by atoms with Gasteiger partial charge in [0.15, 0.2) is 0 Å². The number of hydrogen-bond donors (Lipinski definition) is 2. The monoisotopic (exact) mass is 264 g/mol. The van der Waals surface area contributed by atoms with E-state index in [-0.39, 0.29) is 73.1 Å². The summed E-state index contributed by atoms with van der Waals surface area (Å²) in [5.41, 5.74) is 0.381. The van der Waals surface area contributed by atoms with Crippen LogP contribution in [0.25, 0.3) is 10.8 Å². The molecule has 0 aliphatic rings. The van der Waals surface area contributed by atoms with Crippen molar-refractivity contribution in [2.24, 2.45) is 0 Å². The SMILES string of the molecule is O=C(O)c1ccc2cc(C(=O)O)ccc2c1.[H-].[H-].[Na+].[Na+]. The molecule has 18 heavy (non-hydrogen) atoms. The molecule has 0 aliphatic heterocycles. The first-order valence-corrected chi connectivity index (χ1v) is 4.58. The Morgan fingerprint density at radius 2 is 1.11 bits per heavy atom. The van der Waals surface area contributed by atoms with Gasteiger partial charge in [-0.2, -0.15) is 0 Å². The molecule has 2 N–H and O–H groups in total. The smallest absolute Gasteiger partial charge is 1.00 e. The van der Waals surface area contributed by atoms with Crippen LogP contribution in [0.3, 0.4) is 0 Å². The summed E-state index contributed by atoms with van der Waals surface area (Å²) in [5.74, 6) is -1.99. The van der Waals surface area contributed by atoms with Crippen LogP contribution in [0.4, 0.5) is 0 Å². The molecule has 0 aromatic heterocycles. The zero-order valence-corrected chi connectivity index (χ0v) is 14.2. The van der Waals surface area contributed by atoms with E-state index in [2.05, 4.69) is 0 Å². The fourth-order valence-electron chi connectivity index (χ4n) is 1.51. The van der Waals surface area contributed by atoms with Crippen LogP contribution in [0.1, 0.15) is 23.6 Å². The number of aromatic carboxylic acids is 2. The molecule has 2 aromatic carbocycles. The summed E-state index contributed by atoms with van der Waals surface area (Å²) in [5, 5.41) is 19.0. The zero-order valence-electron chi connectivity index (χ0n) is 12.2. The fraction of sp³-hybridized carbons (Fsp3) is 0. The molecule has 0 atom stereocenters. The van der Waals surface area contributed by atoms with Crippen molar-refractivity contribution in [2.45, 2.75) is 0 Å². The van der Waals surface area contributed by atoms with Crippen LogP contribution in [-0.2, 0) is 0 Å². The molecule has 0 radical (unpaired) electrons. The minimum Gasteiger partial charge on any atom is -1.00 e. The summed E-state index contributed by atoms with van der Waals surface area (Å²) in [6.45, 7) is 0. The summed E-state index contributed by atoms with van der Waals surface area (Å²) in [6.07, 6.45) is 0. The van der Waals surface area contributed by atoms with Crippen molar-refractivity contribution >= 4 is 22.7 Å². The quantitative estimate of drug-likeness (QED) is 0.551. The van der Waals surface area contributed by atoms with E-state index in [1.165, 1.54) is 24.3 Å². The minimum absolute atomic E-state index is 0. The molecule has 84 valence electrons. The normalized spacial score (nSPS) is 9.11. The molecule has 0 saturated heterocycles. The fourth-order valence-corrected chi connectivity index (χ4v) is 1.51. The molecule has 0 spiro atoms. The molecule has 0 aliphatic carbocycles. The van der Waals surface area contributed by atoms with Gasteiger partial charge in [0.25, 0.3) is 0 Å². The third kappa shape index (κ3) is 3.82. The third-order valence-corrected chi connectivity index (χ3v) is 2.33. The maximum absolute atomic E-state index is 10.7. The Bertz CT molecular complexity index is 552. The molecule has 0 saturated carbocycles. The molecule has 2 rings (SSSR count). The van der Waals surface area contributed by atoms with Gasteiger partial charge < -0.3 is 13.1 Å². The Labute approximate surface area is 151 Å². The summed E-state index contributed by atoms with van der Waals surface area (Å²) < 4.78 is 0. The number of rotatable bonds is 2. The van der Waals surface area contributed by atoms with E-state index in [0.29, 0.717) is 10.8 Å². The van der Waals surface area contributed by atoms with E-state index in [1.54, 1.807) is 12.1 Å².